The van der Waals surface area contributed by atoms with Crippen LogP contribution in [0.1, 0.15) is 100.0 Å². The molecule has 0 spiro atoms. The number of cyclic esters (lactones) is 1. The average Bonchev–Trinajstić information content (AvgIpc) is 3.24. The topological polar surface area (TPSA) is 322 Å². The first-order chi connectivity index (χ1) is 31.7. The van der Waals surface area contributed by atoms with Gasteiger partial charge < -0.3 is 66.9 Å². The highest BCUT2D eigenvalue weighted by Gasteiger charge is 2.47. The molecule has 0 saturated carbocycles. The maximum atomic E-state index is 14.6. The van der Waals surface area contributed by atoms with E-state index in [2.05, 4.69) is 31.9 Å². The van der Waals surface area contributed by atoms with Gasteiger partial charge in [-0.15, -0.1) is 0 Å². The molecule has 0 aromatic heterocycles. The van der Waals surface area contributed by atoms with E-state index in [9.17, 15) is 63.6 Å². The highest BCUT2D eigenvalue weighted by atomic mass is 35.5. The molecular formula is C45H69ClN8O14. The first-order valence-corrected chi connectivity index (χ1v) is 23.2. The molecule has 68 heavy (non-hydrogen) atoms. The summed E-state index contributed by atoms with van der Waals surface area (Å²) in [5, 5.41) is 58.1. The fraction of sp³-hybridized carbons (Fsp3) is 0.667. The number of ether oxygens (including phenoxy) is 1. The second kappa shape index (κ2) is 25.2. The molecule has 0 radical (unpaired) electrons. The van der Waals surface area contributed by atoms with Gasteiger partial charge in [0.1, 0.15) is 66.4 Å². The Kier molecular flexibility index (Phi) is 21.0. The number of carbonyl (C=O) groups excluding carboxylic acids is 9. The summed E-state index contributed by atoms with van der Waals surface area (Å²) in [4.78, 5) is 127. The third kappa shape index (κ3) is 15.0. The lowest BCUT2D eigenvalue weighted by Crippen LogP contribution is -2.67. The third-order valence-corrected chi connectivity index (χ3v) is 12.0. The number of piperidine rings is 1. The zero-order chi connectivity index (χ0) is 51.5. The lowest BCUT2D eigenvalue weighted by Gasteiger charge is -2.43. The van der Waals surface area contributed by atoms with E-state index in [1.165, 1.54) is 52.9 Å². The van der Waals surface area contributed by atoms with Gasteiger partial charge in [-0.25, -0.2) is 4.79 Å². The highest BCUT2D eigenvalue weighted by molar-refractivity contribution is 6.32. The molecular weight excluding hydrogens is 912 g/mol. The highest BCUT2D eigenvalue weighted by Crippen LogP contribution is 2.27. The predicted octanol–water partition coefficient (Wildman–Crippen LogP) is -1.14. The minimum atomic E-state index is -1.86. The van der Waals surface area contributed by atoms with Crippen LogP contribution in [-0.2, 0) is 54.3 Å². The molecule has 3 rings (SSSR count). The van der Waals surface area contributed by atoms with E-state index in [0.29, 0.717) is 12.0 Å². The van der Waals surface area contributed by atoms with Crippen molar-refractivity contribution in [2.45, 2.75) is 174 Å². The van der Waals surface area contributed by atoms with E-state index in [-0.39, 0.29) is 48.8 Å². The lowest BCUT2D eigenvalue weighted by atomic mass is 9.96. The Morgan fingerprint density at radius 1 is 0.882 bits per heavy atom. The first kappa shape index (κ1) is 56.7. The smallest absolute Gasteiger partial charge is 0.329 e. The van der Waals surface area contributed by atoms with Crippen LogP contribution < -0.4 is 31.9 Å². The number of aliphatic hydroxyl groups excluding tert-OH is 3. The van der Waals surface area contributed by atoms with Crippen molar-refractivity contribution in [2.75, 3.05) is 7.05 Å². The van der Waals surface area contributed by atoms with Crippen LogP contribution in [0.5, 0.6) is 5.75 Å². The monoisotopic (exact) mass is 980 g/mol. The van der Waals surface area contributed by atoms with Crippen LogP contribution in [0.15, 0.2) is 18.2 Å². The van der Waals surface area contributed by atoms with Crippen LogP contribution in [0.3, 0.4) is 0 Å². The largest absolute Gasteiger partial charge is 0.506 e. The Labute approximate surface area is 401 Å². The minimum Gasteiger partial charge on any atom is -0.506 e. The number of likely N-dealkylation sites (N-methyl/N-ethyl adjacent to an activating group) is 1. The fourth-order valence-corrected chi connectivity index (χ4v) is 8.03. The van der Waals surface area contributed by atoms with Gasteiger partial charge in [-0.05, 0) is 82.9 Å². The Morgan fingerprint density at radius 3 is 2.09 bits per heavy atom. The summed E-state index contributed by atoms with van der Waals surface area (Å²) in [6.07, 6.45) is -6.53. The maximum Gasteiger partial charge on any atom is 0.329 e. The molecule has 380 valence electrons. The van der Waals surface area contributed by atoms with Crippen molar-refractivity contribution in [3.63, 3.8) is 0 Å². The van der Waals surface area contributed by atoms with Crippen LogP contribution in [0.4, 0.5) is 0 Å². The number of rotatable bonds is 14. The molecule has 23 heteroatoms. The van der Waals surface area contributed by atoms with Crippen LogP contribution in [-0.4, -0.2) is 163 Å². The van der Waals surface area contributed by atoms with Crippen LogP contribution >= 0.6 is 11.6 Å². The van der Waals surface area contributed by atoms with Crippen molar-refractivity contribution >= 4 is 64.8 Å². The summed E-state index contributed by atoms with van der Waals surface area (Å²) >= 11 is 6.19. The van der Waals surface area contributed by atoms with Gasteiger partial charge in [-0.2, -0.15) is 0 Å². The number of aliphatic hydroxyl groups is 3. The van der Waals surface area contributed by atoms with E-state index >= 15 is 0 Å². The van der Waals surface area contributed by atoms with Gasteiger partial charge in [0.05, 0.1) is 17.2 Å². The number of esters is 1. The number of benzene rings is 1. The predicted molar refractivity (Wildman–Crippen MR) is 245 cm³/mol. The average molecular weight is 982 g/mol. The molecule has 2 heterocycles. The zero-order valence-corrected chi connectivity index (χ0v) is 41.0. The summed E-state index contributed by atoms with van der Waals surface area (Å²) in [5.74, 6) is -9.72. The SMILES string of the molecule is CCCC(=O)N[C@@H](C)C(=O)N[C@H](C(=O)N[C@@H]1C(=O)N[C@@H](CC(C)C)C(=O)N[C@@H]2CC[C@H](O)N(C2=O)[C@@H]([C@H](C)O)C(=O)N(C)[C@@H](Cc2ccc(O)c(Cl)c2)C(=O)N[C@@H](C(C)C)C(=O)O[C@@H]1C)[C@@H](C)O. The number of phenolic OH excluding ortho intramolecular Hbond substituents is 1. The van der Waals surface area contributed by atoms with Gasteiger partial charge in [0.2, 0.25) is 47.3 Å². The molecule has 0 aliphatic carbocycles. The molecule has 12 atom stereocenters. The van der Waals surface area contributed by atoms with Crippen molar-refractivity contribution in [1.82, 2.24) is 41.7 Å². The number of nitrogens with one attached hydrogen (secondary N) is 6. The molecule has 2 aliphatic rings. The first-order valence-electron chi connectivity index (χ1n) is 22.8. The van der Waals surface area contributed by atoms with Crippen LogP contribution in [0, 0.1) is 11.8 Å². The standard InChI is InChI=1S/C45H69ClN8O14/c1-11-12-32(58)47-22(6)38(60)51-35(23(7)55)41(63)52-36-25(9)68-45(67)34(21(4)5)50-40(62)30(19-26-13-15-31(57)27(46)18-26)53(10)44(66)37(24(8)56)54-33(59)16-14-28(43(54)65)48-39(61)29(17-20(2)3)49-42(36)64/h13,15,18,20-25,28-30,33-37,55-57,59H,11-12,14,16-17,19H2,1-10H3,(H,47,58)(H,48,61)(H,49,64)(H,50,62)(H,51,60)(H,52,63)/t22-,23+,24-,25+,28+,29-,30-,33-,34-,35-,36-,37-/m0/s1. The van der Waals surface area contributed by atoms with E-state index in [1.54, 1.807) is 34.6 Å². The summed E-state index contributed by atoms with van der Waals surface area (Å²) in [7, 11) is 1.21. The zero-order valence-electron chi connectivity index (χ0n) is 40.2. The molecule has 2 bridgehead atoms. The summed E-state index contributed by atoms with van der Waals surface area (Å²) in [6, 6.07) is -8.38. The minimum absolute atomic E-state index is 0.0394. The normalized spacial score (nSPS) is 26.5. The van der Waals surface area contributed by atoms with Crippen molar-refractivity contribution in [3.05, 3.63) is 28.8 Å². The number of fused-ring (bicyclic) bond motifs is 2. The number of hydrogen-bond acceptors (Lipinski definition) is 14. The van der Waals surface area contributed by atoms with E-state index < -0.39 is 132 Å². The van der Waals surface area contributed by atoms with Gasteiger partial charge in [0.15, 0.2) is 0 Å². The second-order valence-corrected chi connectivity index (χ2v) is 18.7. The molecule has 2 aliphatic heterocycles. The van der Waals surface area contributed by atoms with Crippen molar-refractivity contribution in [3.8, 4) is 5.75 Å². The summed E-state index contributed by atoms with van der Waals surface area (Å²) < 4.78 is 5.79. The molecule has 1 aromatic carbocycles. The Hall–Kier alpha value is -5.58. The lowest BCUT2D eigenvalue weighted by molar-refractivity contribution is -0.170. The van der Waals surface area contributed by atoms with Crippen molar-refractivity contribution in [2.24, 2.45) is 11.8 Å². The molecule has 2 fully saturated rings. The molecule has 2 saturated heterocycles. The Morgan fingerprint density at radius 2 is 1.53 bits per heavy atom. The van der Waals surface area contributed by atoms with Gasteiger partial charge in [0, 0.05) is 19.9 Å². The number of nitrogens with zero attached hydrogens (tertiary/aromatic N) is 2. The quantitative estimate of drug-likeness (QED) is 0.0987. The van der Waals surface area contributed by atoms with E-state index in [0.717, 1.165) is 9.80 Å². The third-order valence-electron chi connectivity index (χ3n) is 11.7. The summed E-state index contributed by atoms with van der Waals surface area (Å²) in [6.45, 7) is 13.3. The molecule has 8 amide bonds. The molecule has 22 nitrogen and oxygen atoms in total. The number of phenols is 1. The van der Waals surface area contributed by atoms with Crippen LogP contribution in [0.25, 0.3) is 0 Å². The van der Waals surface area contributed by atoms with E-state index in [1.807, 2.05) is 0 Å². The molecule has 1 aromatic rings. The van der Waals surface area contributed by atoms with Crippen molar-refractivity contribution < 1.29 is 68.3 Å². The van der Waals surface area contributed by atoms with Gasteiger partial charge in [-0.1, -0.05) is 52.3 Å². The van der Waals surface area contributed by atoms with Gasteiger partial charge in [-0.3, -0.25) is 38.4 Å². The second-order valence-electron chi connectivity index (χ2n) is 18.3. The van der Waals surface area contributed by atoms with Crippen molar-refractivity contribution in [1.29, 1.82) is 0 Å². The van der Waals surface area contributed by atoms with E-state index in [4.69, 9.17) is 16.3 Å². The number of aromatic hydroxyl groups is 1. The number of amides is 8. The summed E-state index contributed by atoms with van der Waals surface area (Å²) in [5.41, 5.74) is 0.330. The molecule has 0 unspecified atom stereocenters. The number of carbonyl (C=O) groups is 9. The Bertz CT molecular complexity index is 2020. The van der Waals surface area contributed by atoms with Crippen LogP contribution in [0.2, 0.25) is 5.02 Å². The maximum absolute atomic E-state index is 14.6. The van der Waals surface area contributed by atoms with Gasteiger partial charge >= 0.3 is 5.97 Å². The number of hydrogen-bond donors (Lipinski definition) is 10. The van der Waals surface area contributed by atoms with Gasteiger partial charge in [0.25, 0.3) is 0 Å². The fourth-order valence-electron chi connectivity index (χ4n) is 7.82. The number of halogens is 1. The Balaban J connectivity index is 2.20. The molecule has 10 N–H and O–H groups in total.